The molecule has 1 aliphatic heterocycles. The van der Waals surface area contributed by atoms with Gasteiger partial charge in [0.25, 0.3) is 11.7 Å². The highest BCUT2D eigenvalue weighted by molar-refractivity contribution is 6.46. The predicted molar refractivity (Wildman–Crippen MR) is 112 cm³/mol. The third-order valence-electron chi connectivity index (χ3n) is 5.05. The fourth-order valence-electron chi connectivity index (χ4n) is 3.55. The van der Waals surface area contributed by atoms with Crippen LogP contribution in [-0.4, -0.2) is 60.9 Å². The van der Waals surface area contributed by atoms with Gasteiger partial charge >= 0.3 is 0 Å². The number of benzene rings is 2. The Bertz CT molecular complexity index is 951. The second kappa shape index (κ2) is 8.49. The summed E-state index contributed by atoms with van der Waals surface area (Å²) in [5.41, 5.74) is 2.17. The van der Waals surface area contributed by atoms with Crippen LogP contribution in [0.15, 0.2) is 54.1 Å². The van der Waals surface area contributed by atoms with Crippen LogP contribution in [0.2, 0.25) is 0 Å². The number of likely N-dealkylation sites (tertiary alicyclic amines) is 1. The van der Waals surface area contributed by atoms with Gasteiger partial charge in [0.15, 0.2) is 0 Å². The number of rotatable bonds is 6. The number of ketones is 1. The molecule has 0 aromatic heterocycles. The minimum Gasteiger partial charge on any atom is -0.507 e. The molecule has 6 heteroatoms. The number of aliphatic hydroxyl groups excluding tert-OH is 1. The molecule has 2 aromatic rings. The maximum absolute atomic E-state index is 13.0. The number of amides is 1. The second-order valence-electron chi connectivity index (χ2n) is 7.41. The summed E-state index contributed by atoms with van der Waals surface area (Å²) in [4.78, 5) is 29.3. The molecule has 1 unspecified atom stereocenters. The smallest absolute Gasteiger partial charge is 0.295 e. The molecule has 1 amide bonds. The highest BCUT2D eigenvalue weighted by atomic mass is 16.5. The first kappa shape index (κ1) is 20.6. The number of carbonyl (C=O) groups excluding carboxylic acids is 2. The summed E-state index contributed by atoms with van der Waals surface area (Å²) in [5, 5.41) is 11.2. The van der Waals surface area contributed by atoms with Gasteiger partial charge in [0.1, 0.15) is 11.5 Å². The van der Waals surface area contributed by atoms with Gasteiger partial charge in [-0.15, -0.1) is 0 Å². The van der Waals surface area contributed by atoms with Gasteiger partial charge in [-0.3, -0.25) is 9.59 Å². The van der Waals surface area contributed by atoms with E-state index >= 15 is 0 Å². The molecule has 0 radical (unpaired) electrons. The van der Waals surface area contributed by atoms with Crippen LogP contribution in [0.5, 0.6) is 5.75 Å². The molecule has 1 aliphatic rings. The van der Waals surface area contributed by atoms with Crippen molar-refractivity contribution < 1.29 is 19.4 Å². The molecule has 1 N–H and O–H groups in total. The highest BCUT2D eigenvalue weighted by Crippen LogP contribution is 2.40. The van der Waals surface area contributed by atoms with E-state index in [1.807, 2.05) is 62.3 Å². The summed E-state index contributed by atoms with van der Waals surface area (Å²) < 4.78 is 5.38. The zero-order valence-corrected chi connectivity index (χ0v) is 17.2. The average molecular weight is 394 g/mol. The number of aliphatic hydroxyl groups is 1. The number of Topliss-reactive ketones (excluding diaryl/α,β-unsaturated/α-hetero) is 1. The van der Waals surface area contributed by atoms with Crippen molar-refractivity contribution >= 4 is 17.4 Å². The molecule has 152 valence electrons. The Kier molecular flexibility index (Phi) is 6.03. The highest BCUT2D eigenvalue weighted by Gasteiger charge is 2.46. The topological polar surface area (TPSA) is 70.1 Å². The van der Waals surface area contributed by atoms with Gasteiger partial charge in [0.05, 0.1) is 24.3 Å². The van der Waals surface area contributed by atoms with Crippen molar-refractivity contribution in [1.82, 2.24) is 9.80 Å². The quantitative estimate of drug-likeness (QED) is 0.463. The molecule has 1 atom stereocenters. The monoisotopic (exact) mass is 394 g/mol. The molecule has 0 saturated carbocycles. The first-order valence-corrected chi connectivity index (χ1v) is 9.48. The number of aryl methyl sites for hydroxylation is 1. The van der Waals surface area contributed by atoms with Crippen LogP contribution in [0.1, 0.15) is 22.7 Å². The van der Waals surface area contributed by atoms with Crippen LogP contribution in [-0.2, 0) is 9.59 Å². The molecule has 2 aromatic carbocycles. The summed E-state index contributed by atoms with van der Waals surface area (Å²) in [6, 6.07) is 14.0. The molecular weight excluding hydrogens is 368 g/mol. The van der Waals surface area contributed by atoms with Crippen molar-refractivity contribution in [3.05, 3.63) is 70.8 Å². The van der Waals surface area contributed by atoms with Crippen LogP contribution in [0.25, 0.3) is 5.76 Å². The zero-order chi connectivity index (χ0) is 21.1. The first-order valence-electron chi connectivity index (χ1n) is 9.48. The molecule has 0 spiro atoms. The number of hydrogen-bond acceptors (Lipinski definition) is 5. The lowest BCUT2D eigenvalue weighted by Crippen LogP contribution is -2.35. The summed E-state index contributed by atoms with van der Waals surface area (Å²) in [5.74, 6) is -1.06. The van der Waals surface area contributed by atoms with Gasteiger partial charge in [-0.25, -0.2) is 0 Å². The van der Waals surface area contributed by atoms with E-state index in [-0.39, 0.29) is 11.3 Å². The summed E-state index contributed by atoms with van der Waals surface area (Å²) in [7, 11) is 5.32. The maximum atomic E-state index is 13.0. The maximum Gasteiger partial charge on any atom is 0.295 e. The Labute approximate surface area is 171 Å². The van der Waals surface area contributed by atoms with Gasteiger partial charge in [-0.1, -0.05) is 42.0 Å². The Balaban J connectivity index is 2.19. The number of carbonyl (C=O) groups is 2. The third kappa shape index (κ3) is 4.03. The van der Waals surface area contributed by atoms with E-state index in [4.69, 9.17) is 4.74 Å². The van der Waals surface area contributed by atoms with Crippen molar-refractivity contribution in [1.29, 1.82) is 0 Å². The van der Waals surface area contributed by atoms with Crippen molar-refractivity contribution in [3.8, 4) is 5.75 Å². The van der Waals surface area contributed by atoms with Crippen molar-refractivity contribution in [2.75, 3.05) is 34.3 Å². The van der Waals surface area contributed by atoms with Crippen molar-refractivity contribution in [2.45, 2.75) is 13.0 Å². The minimum absolute atomic E-state index is 0.0869. The molecule has 0 bridgehead atoms. The van der Waals surface area contributed by atoms with Crippen molar-refractivity contribution in [3.63, 3.8) is 0 Å². The molecule has 1 fully saturated rings. The minimum atomic E-state index is -0.682. The van der Waals surface area contributed by atoms with Crippen LogP contribution in [0.4, 0.5) is 0 Å². The number of ether oxygens (including phenoxy) is 1. The van der Waals surface area contributed by atoms with Gasteiger partial charge < -0.3 is 19.6 Å². The molecule has 3 rings (SSSR count). The second-order valence-corrected chi connectivity index (χ2v) is 7.41. The van der Waals surface area contributed by atoms with Crippen LogP contribution >= 0.6 is 0 Å². The standard InChI is InChI=1S/C23H26N2O4/c1-15-10-11-18(29-4)17(14-15)21(26)19-20(16-8-6-5-7-9-16)25(13-12-24(2)3)23(28)22(19)27/h5-11,14,20,26H,12-13H2,1-4H3/b21-19+. The van der Waals surface area contributed by atoms with E-state index in [1.54, 1.807) is 12.1 Å². The normalized spacial score (nSPS) is 18.5. The summed E-state index contributed by atoms with van der Waals surface area (Å²) in [6.45, 7) is 2.86. The van der Waals surface area contributed by atoms with Gasteiger partial charge in [-0.2, -0.15) is 0 Å². The van der Waals surface area contributed by atoms with E-state index in [0.717, 1.165) is 11.1 Å². The van der Waals surface area contributed by atoms with Crippen LogP contribution < -0.4 is 4.74 Å². The Hall–Kier alpha value is -3.12. The fourth-order valence-corrected chi connectivity index (χ4v) is 3.55. The van der Waals surface area contributed by atoms with E-state index in [9.17, 15) is 14.7 Å². The summed E-state index contributed by atoms with van der Waals surface area (Å²) in [6.07, 6.45) is 0. The Morgan fingerprint density at radius 2 is 1.83 bits per heavy atom. The predicted octanol–water partition coefficient (Wildman–Crippen LogP) is 2.99. The number of nitrogens with zero attached hydrogens (tertiary/aromatic N) is 2. The first-order chi connectivity index (χ1) is 13.8. The van der Waals surface area contributed by atoms with E-state index in [0.29, 0.717) is 24.4 Å². The lowest BCUT2D eigenvalue weighted by Gasteiger charge is -2.26. The number of likely N-dealkylation sites (N-methyl/N-ethyl adjacent to an activating group) is 1. The SMILES string of the molecule is COc1ccc(C)cc1/C(O)=C1\C(=O)C(=O)N(CCN(C)C)C1c1ccccc1. The van der Waals surface area contributed by atoms with Gasteiger partial charge in [0.2, 0.25) is 0 Å². The molecule has 0 aliphatic carbocycles. The average Bonchev–Trinajstić information content (AvgIpc) is 2.97. The molecule has 1 heterocycles. The summed E-state index contributed by atoms with van der Waals surface area (Å²) >= 11 is 0. The van der Waals surface area contributed by atoms with Crippen molar-refractivity contribution in [2.24, 2.45) is 0 Å². The number of methoxy groups -OCH3 is 1. The largest absolute Gasteiger partial charge is 0.507 e. The third-order valence-corrected chi connectivity index (χ3v) is 5.05. The fraction of sp³-hybridized carbons (Fsp3) is 0.304. The lowest BCUT2D eigenvalue weighted by atomic mass is 9.94. The van der Waals surface area contributed by atoms with Gasteiger partial charge in [-0.05, 0) is 38.7 Å². The molecule has 6 nitrogen and oxygen atoms in total. The Morgan fingerprint density at radius 1 is 1.14 bits per heavy atom. The molecule has 1 saturated heterocycles. The van der Waals surface area contributed by atoms with E-state index < -0.39 is 17.7 Å². The van der Waals surface area contributed by atoms with E-state index in [1.165, 1.54) is 12.0 Å². The number of hydrogen-bond donors (Lipinski definition) is 1. The molecular formula is C23H26N2O4. The van der Waals surface area contributed by atoms with Crippen LogP contribution in [0.3, 0.4) is 0 Å². The van der Waals surface area contributed by atoms with Gasteiger partial charge in [0, 0.05) is 13.1 Å². The lowest BCUT2D eigenvalue weighted by molar-refractivity contribution is -0.140. The zero-order valence-electron chi connectivity index (χ0n) is 17.2. The van der Waals surface area contributed by atoms with Crippen LogP contribution in [0, 0.1) is 6.92 Å². The Morgan fingerprint density at radius 3 is 2.45 bits per heavy atom. The molecule has 29 heavy (non-hydrogen) atoms. The van der Waals surface area contributed by atoms with E-state index in [2.05, 4.69) is 0 Å².